The standard InChI is InChI=1S/C26H27N5O3/c1-16-10-30(13-24(29-16)21-6-7-22-23(17(21)2)14-34-26(22)32)11-19-12-31(15-28-19)20-5-4-18(9-27)25(8-20)33-3/h4-8,12,15-16,24,29H,10-11,13-14H2,1-3H3/t16-,24-/m0/s1. The summed E-state index contributed by atoms with van der Waals surface area (Å²) in [4.78, 5) is 18.9. The lowest BCUT2D eigenvalue weighted by atomic mass is 9.92. The zero-order valence-electron chi connectivity index (χ0n) is 19.5. The van der Waals surface area contributed by atoms with Gasteiger partial charge in [0.15, 0.2) is 0 Å². The minimum atomic E-state index is -0.230. The molecule has 0 amide bonds. The average molecular weight is 458 g/mol. The maximum atomic E-state index is 11.9. The van der Waals surface area contributed by atoms with Crippen molar-refractivity contribution >= 4 is 5.97 Å². The third-order valence-corrected chi connectivity index (χ3v) is 6.67. The van der Waals surface area contributed by atoms with Crippen molar-refractivity contribution in [3.05, 3.63) is 76.4 Å². The van der Waals surface area contributed by atoms with E-state index in [0.717, 1.165) is 42.1 Å². The first kappa shape index (κ1) is 22.1. The molecule has 1 aromatic heterocycles. The van der Waals surface area contributed by atoms with Gasteiger partial charge in [-0.1, -0.05) is 6.07 Å². The van der Waals surface area contributed by atoms with E-state index in [4.69, 9.17) is 9.47 Å². The van der Waals surface area contributed by atoms with Gasteiger partial charge in [-0.3, -0.25) is 4.90 Å². The Morgan fingerprint density at radius 3 is 2.94 bits per heavy atom. The number of nitrogens with zero attached hydrogens (tertiary/aromatic N) is 4. The number of esters is 1. The number of ether oxygens (including phenoxy) is 2. The molecule has 2 aliphatic heterocycles. The van der Waals surface area contributed by atoms with E-state index in [1.807, 2.05) is 29.0 Å². The van der Waals surface area contributed by atoms with Gasteiger partial charge in [0.2, 0.25) is 0 Å². The number of methoxy groups -OCH3 is 1. The summed E-state index contributed by atoms with van der Waals surface area (Å²) >= 11 is 0. The highest BCUT2D eigenvalue weighted by Crippen LogP contribution is 2.31. The molecule has 2 aliphatic rings. The van der Waals surface area contributed by atoms with E-state index < -0.39 is 0 Å². The van der Waals surface area contributed by atoms with Crippen LogP contribution in [0.2, 0.25) is 0 Å². The van der Waals surface area contributed by atoms with Crippen molar-refractivity contribution in [2.75, 3.05) is 20.2 Å². The molecule has 0 spiro atoms. The lowest BCUT2D eigenvalue weighted by Gasteiger charge is -2.38. The van der Waals surface area contributed by atoms with Crippen LogP contribution in [-0.4, -0.2) is 46.7 Å². The number of nitriles is 1. The van der Waals surface area contributed by atoms with Crippen molar-refractivity contribution < 1.29 is 14.3 Å². The first-order valence-electron chi connectivity index (χ1n) is 11.4. The molecule has 1 saturated heterocycles. The number of carbonyl (C=O) groups excluding carboxylic acids is 1. The van der Waals surface area contributed by atoms with Crippen LogP contribution < -0.4 is 10.1 Å². The van der Waals surface area contributed by atoms with Crippen LogP contribution in [0, 0.1) is 18.3 Å². The van der Waals surface area contributed by atoms with Gasteiger partial charge >= 0.3 is 5.97 Å². The molecule has 3 aromatic rings. The van der Waals surface area contributed by atoms with Crippen LogP contribution in [0.1, 0.15) is 51.3 Å². The molecule has 2 atom stereocenters. The zero-order valence-corrected chi connectivity index (χ0v) is 19.5. The molecule has 8 heteroatoms. The van der Waals surface area contributed by atoms with E-state index in [0.29, 0.717) is 29.5 Å². The lowest BCUT2D eigenvalue weighted by molar-refractivity contribution is 0.0535. The summed E-state index contributed by atoms with van der Waals surface area (Å²) in [6.45, 7) is 7.12. The van der Waals surface area contributed by atoms with Gasteiger partial charge in [0, 0.05) is 49.5 Å². The van der Waals surface area contributed by atoms with Crippen LogP contribution in [0.25, 0.3) is 5.69 Å². The predicted molar refractivity (Wildman–Crippen MR) is 126 cm³/mol. The average Bonchev–Trinajstić information content (AvgIpc) is 3.45. The molecule has 0 radical (unpaired) electrons. The van der Waals surface area contributed by atoms with E-state index >= 15 is 0 Å². The smallest absolute Gasteiger partial charge is 0.338 e. The summed E-state index contributed by atoms with van der Waals surface area (Å²) in [5.74, 6) is 0.317. The van der Waals surface area contributed by atoms with Gasteiger partial charge in [-0.25, -0.2) is 9.78 Å². The highest BCUT2D eigenvalue weighted by Gasteiger charge is 2.30. The molecule has 0 aliphatic carbocycles. The Labute approximate surface area is 198 Å². The molecule has 1 N–H and O–H groups in total. The van der Waals surface area contributed by atoms with Crippen LogP contribution in [0.5, 0.6) is 5.75 Å². The normalized spacial score (nSPS) is 20.0. The molecule has 1 fully saturated rings. The maximum absolute atomic E-state index is 11.9. The number of fused-ring (bicyclic) bond motifs is 1. The number of aromatic nitrogens is 2. The largest absolute Gasteiger partial charge is 0.495 e. The SMILES string of the molecule is COc1cc(-n2cnc(CN3C[C@@H](c4ccc5c(c4C)COC5=O)N[C@@H](C)C3)c2)ccc1C#N. The van der Waals surface area contributed by atoms with Crippen molar-refractivity contribution in [3.63, 3.8) is 0 Å². The number of benzene rings is 2. The summed E-state index contributed by atoms with van der Waals surface area (Å²) in [7, 11) is 1.56. The second-order valence-corrected chi connectivity index (χ2v) is 8.97. The number of rotatable bonds is 5. The second-order valence-electron chi connectivity index (χ2n) is 8.97. The fourth-order valence-corrected chi connectivity index (χ4v) is 4.98. The van der Waals surface area contributed by atoms with Crippen molar-refractivity contribution in [3.8, 4) is 17.5 Å². The van der Waals surface area contributed by atoms with Crippen molar-refractivity contribution in [2.45, 2.75) is 39.1 Å². The Bertz CT molecular complexity index is 1290. The molecular weight excluding hydrogens is 430 g/mol. The molecule has 3 heterocycles. The Morgan fingerprint density at radius 2 is 2.15 bits per heavy atom. The quantitative estimate of drug-likeness (QED) is 0.588. The highest BCUT2D eigenvalue weighted by molar-refractivity contribution is 5.94. The molecule has 34 heavy (non-hydrogen) atoms. The summed E-state index contributed by atoms with van der Waals surface area (Å²) < 4.78 is 12.5. The number of imidazole rings is 1. The fourth-order valence-electron chi connectivity index (χ4n) is 4.98. The molecule has 2 aromatic carbocycles. The Kier molecular flexibility index (Phi) is 5.82. The zero-order chi connectivity index (χ0) is 23.8. The van der Waals surface area contributed by atoms with E-state index in [1.54, 1.807) is 19.5 Å². The molecule has 8 nitrogen and oxygen atoms in total. The molecule has 174 valence electrons. The molecule has 0 saturated carbocycles. The number of nitrogens with one attached hydrogen (secondary N) is 1. The van der Waals surface area contributed by atoms with E-state index in [-0.39, 0.29) is 12.0 Å². The number of carbonyl (C=O) groups is 1. The van der Waals surface area contributed by atoms with Crippen molar-refractivity contribution in [1.82, 2.24) is 19.8 Å². The van der Waals surface area contributed by atoms with E-state index in [1.165, 1.54) is 5.56 Å². The van der Waals surface area contributed by atoms with Gasteiger partial charge in [-0.05, 0) is 43.2 Å². The van der Waals surface area contributed by atoms with Gasteiger partial charge in [-0.2, -0.15) is 5.26 Å². The third-order valence-electron chi connectivity index (χ3n) is 6.67. The maximum Gasteiger partial charge on any atom is 0.338 e. The van der Waals surface area contributed by atoms with Gasteiger partial charge < -0.3 is 19.4 Å². The van der Waals surface area contributed by atoms with Gasteiger partial charge in [0.05, 0.1) is 35.9 Å². The van der Waals surface area contributed by atoms with Crippen molar-refractivity contribution in [2.24, 2.45) is 0 Å². The Morgan fingerprint density at radius 1 is 1.29 bits per heavy atom. The van der Waals surface area contributed by atoms with Gasteiger partial charge in [0.1, 0.15) is 18.4 Å². The Hall–Kier alpha value is -3.67. The van der Waals surface area contributed by atoms with Crippen LogP contribution in [0.3, 0.4) is 0 Å². The number of hydrogen-bond acceptors (Lipinski definition) is 7. The Balaban J connectivity index is 1.33. The summed E-state index contributed by atoms with van der Waals surface area (Å²) in [5.41, 5.74) is 6.41. The fraction of sp³-hybridized carbons (Fsp3) is 0.346. The molecular formula is C26H27N5O3. The van der Waals surface area contributed by atoms with E-state index in [9.17, 15) is 10.1 Å². The first-order chi connectivity index (χ1) is 16.5. The lowest BCUT2D eigenvalue weighted by Crippen LogP contribution is -2.50. The number of hydrogen-bond donors (Lipinski definition) is 1. The van der Waals surface area contributed by atoms with Crippen molar-refractivity contribution in [1.29, 1.82) is 5.26 Å². The van der Waals surface area contributed by atoms with Crippen LogP contribution >= 0.6 is 0 Å². The van der Waals surface area contributed by atoms with Gasteiger partial charge in [-0.15, -0.1) is 0 Å². The van der Waals surface area contributed by atoms with Crippen LogP contribution in [-0.2, 0) is 17.9 Å². The number of piperazine rings is 1. The van der Waals surface area contributed by atoms with E-state index in [2.05, 4.69) is 41.2 Å². The second kappa shape index (κ2) is 8.93. The summed E-state index contributed by atoms with van der Waals surface area (Å²) in [6, 6.07) is 12.1. The minimum absolute atomic E-state index is 0.162. The number of cyclic esters (lactones) is 1. The monoisotopic (exact) mass is 457 g/mol. The topological polar surface area (TPSA) is 92.4 Å². The molecule has 0 unspecified atom stereocenters. The van der Waals surface area contributed by atoms with Gasteiger partial charge in [0.25, 0.3) is 0 Å². The summed E-state index contributed by atoms with van der Waals surface area (Å²) in [6.07, 6.45) is 3.81. The first-order valence-corrected chi connectivity index (χ1v) is 11.4. The molecule has 0 bridgehead atoms. The van der Waals surface area contributed by atoms with Crippen LogP contribution in [0.15, 0.2) is 42.9 Å². The van der Waals surface area contributed by atoms with Crippen LogP contribution in [0.4, 0.5) is 0 Å². The predicted octanol–water partition coefficient (Wildman–Crippen LogP) is 3.27. The third kappa shape index (κ3) is 4.04. The highest BCUT2D eigenvalue weighted by atomic mass is 16.5. The molecule has 5 rings (SSSR count). The minimum Gasteiger partial charge on any atom is -0.495 e. The summed E-state index contributed by atoms with van der Waals surface area (Å²) in [5, 5.41) is 12.9.